The average molecular weight is 209 g/mol. The number of oxazole rings is 1. The van der Waals surface area contributed by atoms with Crippen LogP contribution in [0, 0.1) is 0 Å². The fourth-order valence-corrected chi connectivity index (χ4v) is 1.80. The Bertz CT molecular complexity index is 382. The van der Waals surface area contributed by atoms with E-state index in [1.54, 1.807) is 23.0 Å². The van der Waals surface area contributed by atoms with Crippen LogP contribution >= 0.6 is 11.3 Å². The Morgan fingerprint density at radius 1 is 1.57 bits per heavy atom. The molecule has 0 aliphatic heterocycles. The SMILES string of the molecule is CCNCc1ncoc1-c1cncs1. The number of nitrogens with zero attached hydrogens (tertiary/aromatic N) is 2. The van der Waals surface area contributed by atoms with E-state index in [0.717, 1.165) is 29.4 Å². The molecule has 2 aromatic rings. The van der Waals surface area contributed by atoms with Crippen LogP contribution in [0.2, 0.25) is 0 Å². The molecule has 0 spiro atoms. The van der Waals surface area contributed by atoms with Crippen molar-refractivity contribution in [2.75, 3.05) is 6.54 Å². The molecular formula is C9H11N3OS. The molecule has 2 rings (SSSR count). The smallest absolute Gasteiger partial charge is 0.181 e. The monoisotopic (exact) mass is 209 g/mol. The number of nitrogens with one attached hydrogen (secondary N) is 1. The van der Waals surface area contributed by atoms with E-state index in [1.807, 2.05) is 0 Å². The first kappa shape index (κ1) is 9.36. The molecule has 0 saturated carbocycles. The minimum Gasteiger partial charge on any atom is -0.442 e. The van der Waals surface area contributed by atoms with E-state index < -0.39 is 0 Å². The number of hydrogen-bond donors (Lipinski definition) is 1. The highest BCUT2D eigenvalue weighted by molar-refractivity contribution is 7.13. The molecule has 0 aliphatic rings. The van der Waals surface area contributed by atoms with E-state index in [0.29, 0.717) is 0 Å². The predicted octanol–water partition coefficient (Wildman–Crippen LogP) is 1.91. The van der Waals surface area contributed by atoms with Crippen molar-refractivity contribution in [2.24, 2.45) is 0 Å². The van der Waals surface area contributed by atoms with Gasteiger partial charge >= 0.3 is 0 Å². The third-order valence-corrected chi connectivity index (χ3v) is 2.61. The van der Waals surface area contributed by atoms with Gasteiger partial charge in [0.25, 0.3) is 0 Å². The van der Waals surface area contributed by atoms with Gasteiger partial charge in [0.1, 0.15) is 5.69 Å². The quantitative estimate of drug-likeness (QED) is 0.835. The molecule has 14 heavy (non-hydrogen) atoms. The second kappa shape index (κ2) is 4.34. The van der Waals surface area contributed by atoms with Crippen molar-refractivity contribution >= 4 is 11.3 Å². The molecule has 5 heteroatoms. The molecule has 0 aliphatic carbocycles. The first-order valence-electron chi connectivity index (χ1n) is 4.43. The Labute approximate surface area is 86.0 Å². The Balaban J connectivity index is 2.22. The lowest BCUT2D eigenvalue weighted by atomic mass is 10.3. The molecule has 0 amide bonds. The first-order chi connectivity index (χ1) is 6.92. The minimum absolute atomic E-state index is 0.736. The summed E-state index contributed by atoms with van der Waals surface area (Å²) in [5.74, 6) is 0.827. The zero-order valence-corrected chi connectivity index (χ0v) is 8.67. The fourth-order valence-electron chi connectivity index (χ4n) is 1.17. The summed E-state index contributed by atoms with van der Waals surface area (Å²) in [4.78, 5) is 9.19. The molecular weight excluding hydrogens is 198 g/mol. The van der Waals surface area contributed by atoms with E-state index in [4.69, 9.17) is 4.42 Å². The molecule has 0 fully saturated rings. The summed E-state index contributed by atoms with van der Waals surface area (Å²) >= 11 is 1.56. The summed E-state index contributed by atoms with van der Waals surface area (Å²) in [6.07, 6.45) is 3.27. The summed E-state index contributed by atoms with van der Waals surface area (Å²) < 4.78 is 5.33. The highest BCUT2D eigenvalue weighted by Gasteiger charge is 2.10. The predicted molar refractivity (Wildman–Crippen MR) is 55.0 cm³/mol. The van der Waals surface area contributed by atoms with Gasteiger partial charge in [0.05, 0.1) is 10.4 Å². The molecule has 0 atom stereocenters. The maximum Gasteiger partial charge on any atom is 0.181 e. The number of hydrogen-bond acceptors (Lipinski definition) is 5. The Kier molecular flexibility index (Phi) is 2.90. The van der Waals surface area contributed by atoms with Crippen molar-refractivity contribution in [3.63, 3.8) is 0 Å². The van der Waals surface area contributed by atoms with Crippen molar-refractivity contribution in [2.45, 2.75) is 13.5 Å². The van der Waals surface area contributed by atoms with Crippen molar-refractivity contribution in [3.05, 3.63) is 23.8 Å². The summed E-state index contributed by atoms with van der Waals surface area (Å²) in [6.45, 7) is 3.72. The lowest BCUT2D eigenvalue weighted by Crippen LogP contribution is -2.12. The molecule has 0 aromatic carbocycles. The van der Waals surface area contributed by atoms with Crippen molar-refractivity contribution in [1.29, 1.82) is 0 Å². The Morgan fingerprint density at radius 2 is 2.50 bits per heavy atom. The number of aromatic nitrogens is 2. The highest BCUT2D eigenvalue weighted by atomic mass is 32.1. The summed E-state index contributed by atoms with van der Waals surface area (Å²) in [5.41, 5.74) is 2.73. The van der Waals surface area contributed by atoms with Crippen molar-refractivity contribution in [1.82, 2.24) is 15.3 Å². The molecule has 2 aromatic heterocycles. The van der Waals surface area contributed by atoms with Crippen molar-refractivity contribution < 1.29 is 4.42 Å². The summed E-state index contributed by atoms with van der Waals surface area (Å²) in [5, 5.41) is 3.21. The molecule has 4 nitrogen and oxygen atoms in total. The average Bonchev–Trinajstić information content (AvgIpc) is 2.84. The number of rotatable bonds is 4. The van der Waals surface area contributed by atoms with Gasteiger partial charge in [-0.15, -0.1) is 11.3 Å². The lowest BCUT2D eigenvalue weighted by Gasteiger charge is -1.98. The van der Waals surface area contributed by atoms with Crippen LogP contribution in [-0.2, 0) is 6.54 Å². The van der Waals surface area contributed by atoms with Crippen LogP contribution in [0.15, 0.2) is 22.5 Å². The minimum atomic E-state index is 0.736. The topological polar surface area (TPSA) is 51.0 Å². The zero-order valence-electron chi connectivity index (χ0n) is 7.86. The normalized spacial score (nSPS) is 10.6. The third-order valence-electron chi connectivity index (χ3n) is 1.84. The maximum absolute atomic E-state index is 5.33. The Morgan fingerprint density at radius 3 is 3.21 bits per heavy atom. The molecule has 0 bridgehead atoms. The summed E-state index contributed by atoms with van der Waals surface area (Å²) in [6, 6.07) is 0. The summed E-state index contributed by atoms with van der Waals surface area (Å²) in [7, 11) is 0. The molecule has 1 N–H and O–H groups in total. The molecule has 2 heterocycles. The van der Waals surface area contributed by atoms with Gasteiger partial charge in [-0.25, -0.2) is 4.98 Å². The van der Waals surface area contributed by atoms with Crippen LogP contribution < -0.4 is 5.32 Å². The van der Waals surface area contributed by atoms with Crippen LogP contribution in [0.25, 0.3) is 10.6 Å². The Hall–Kier alpha value is -1.20. The van der Waals surface area contributed by atoms with Crippen LogP contribution in [0.4, 0.5) is 0 Å². The second-order valence-electron chi connectivity index (χ2n) is 2.77. The van der Waals surface area contributed by atoms with E-state index in [-0.39, 0.29) is 0 Å². The van der Waals surface area contributed by atoms with Gasteiger partial charge in [-0.2, -0.15) is 0 Å². The highest BCUT2D eigenvalue weighted by Crippen LogP contribution is 2.25. The van der Waals surface area contributed by atoms with Gasteiger partial charge in [0, 0.05) is 12.7 Å². The van der Waals surface area contributed by atoms with Gasteiger partial charge in [-0.1, -0.05) is 6.92 Å². The molecule has 74 valence electrons. The van der Waals surface area contributed by atoms with Gasteiger partial charge < -0.3 is 9.73 Å². The van der Waals surface area contributed by atoms with E-state index >= 15 is 0 Å². The van der Waals surface area contributed by atoms with Crippen LogP contribution in [0.3, 0.4) is 0 Å². The maximum atomic E-state index is 5.33. The molecule has 0 saturated heterocycles. The standard InChI is InChI=1S/C9H11N3OS/c1-2-10-3-7-9(13-5-12-7)8-4-11-6-14-8/h4-6,10H,2-3H2,1H3. The third kappa shape index (κ3) is 1.83. The molecule has 0 unspecified atom stereocenters. The van der Waals surface area contributed by atoms with Crippen LogP contribution in [0.1, 0.15) is 12.6 Å². The van der Waals surface area contributed by atoms with Crippen molar-refractivity contribution in [3.8, 4) is 10.6 Å². The number of thiazole rings is 1. The van der Waals surface area contributed by atoms with E-state index in [9.17, 15) is 0 Å². The zero-order chi connectivity index (χ0) is 9.80. The van der Waals surface area contributed by atoms with Crippen LogP contribution in [-0.4, -0.2) is 16.5 Å². The van der Waals surface area contributed by atoms with Crippen LogP contribution in [0.5, 0.6) is 0 Å². The largest absolute Gasteiger partial charge is 0.442 e. The first-order valence-corrected chi connectivity index (χ1v) is 5.31. The second-order valence-corrected chi connectivity index (χ2v) is 3.66. The fraction of sp³-hybridized carbons (Fsp3) is 0.333. The van der Waals surface area contributed by atoms with E-state index in [2.05, 4.69) is 22.2 Å². The van der Waals surface area contributed by atoms with E-state index in [1.165, 1.54) is 6.39 Å². The lowest BCUT2D eigenvalue weighted by molar-refractivity contribution is 0.571. The van der Waals surface area contributed by atoms with Gasteiger partial charge in [-0.05, 0) is 6.54 Å². The van der Waals surface area contributed by atoms with Gasteiger partial charge in [0.2, 0.25) is 0 Å². The van der Waals surface area contributed by atoms with Gasteiger partial charge in [-0.3, -0.25) is 4.98 Å². The van der Waals surface area contributed by atoms with Gasteiger partial charge in [0.15, 0.2) is 12.2 Å². The molecule has 0 radical (unpaired) electrons.